The number of methoxy groups -OCH3 is 1. The molecule has 0 spiro atoms. The van der Waals surface area contributed by atoms with Gasteiger partial charge in [-0.2, -0.15) is 5.10 Å². The Hall–Kier alpha value is -2.62. The summed E-state index contributed by atoms with van der Waals surface area (Å²) < 4.78 is 33.5. The number of nitro benzene ring substituents is 1. The van der Waals surface area contributed by atoms with Gasteiger partial charge in [-0.25, -0.2) is 8.42 Å². The Morgan fingerprint density at radius 3 is 2.59 bits per heavy atom. The van der Waals surface area contributed by atoms with Gasteiger partial charge in [-0.1, -0.05) is 0 Å². The molecule has 0 aliphatic heterocycles. The van der Waals surface area contributed by atoms with Crippen molar-refractivity contribution in [2.75, 3.05) is 11.8 Å². The van der Waals surface area contributed by atoms with Gasteiger partial charge < -0.3 is 4.74 Å². The summed E-state index contributed by atoms with van der Waals surface area (Å²) in [6.07, 6.45) is 1.37. The van der Waals surface area contributed by atoms with E-state index >= 15 is 0 Å². The van der Waals surface area contributed by atoms with E-state index in [0.717, 1.165) is 6.07 Å². The van der Waals surface area contributed by atoms with E-state index in [1.54, 1.807) is 14.0 Å². The van der Waals surface area contributed by atoms with E-state index in [9.17, 15) is 18.5 Å². The molecule has 1 aromatic heterocycles. The second-order valence-corrected chi connectivity index (χ2v) is 6.15. The molecular formula is C12H14N4O5S. The van der Waals surface area contributed by atoms with Gasteiger partial charge >= 0.3 is 0 Å². The lowest BCUT2D eigenvalue weighted by Gasteiger charge is -2.11. The summed E-state index contributed by atoms with van der Waals surface area (Å²) in [7, 11) is -0.965. The first-order valence-electron chi connectivity index (χ1n) is 6.10. The van der Waals surface area contributed by atoms with Gasteiger partial charge in [0.05, 0.1) is 29.5 Å². The molecule has 0 unspecified atom stereocenters. The first-order valence-corrected chi connectivity index (χ1v) is 7.58. The lowest BCUT2D eigenvalue weighted by Crippen LogP contribution is -2.14. The van der Waals surface area contributed by atoms with Crippen molar-refractivity contribution in [2.45, 2.75) is 11.8 Å². The predicted molar refractivity (Wildman–Crippen MR) is 78.4 cm³/mol. The van der Waals surface area contributed by atoms with Crippen LogP contribution in [-0.4, -0.2) is 30.2 Å². The maximum Gasteiger partial charge on any atom is 0.273 e. The van der Waals surface area contributed by atoms with Crippen LogP contribution in [0.3, 0.4) is 0 Å². The van der Waals surface area contributed by atoms with Crippen LogP contribution in [0, 0.1) is 17.0 Å². The molecule has 0 fully saturated rings. The number of hydrogen-bond donors (Lipinski definition) is 1. The molecule has 0 bridgehead atoms. The normalized spacial score (nSPS) is 11.2. The number of nitrogens with zero attached hydrogens (tertiary/aromatic N) is 3. The van der Waals surface area contributed by atoms with Crippen molar-refractivity contribution in [3.63, 3.8) is 0 Å². The van der Waals surface area contributed by atoms with Crippen molar-refractivity contribution in [3.05, 3.63) is 40.2 Å². The highest BCUT2D eigenvalue weighted by atomic mass is 32.2. The van der Waals surface area contributed by atoms with Crippen LogP contribution < -0.4 is 9.46 Å². The Labute approximate surface area is 126 Å². The molecule has 0 aliphatic carbocycles. The van der Waals surface area contributed by atoms with Crippen LogP contribution in [-0.2, 0) is 17.1 Å². The maximum absolute atomic E-state index is 12.4. The number of rotatable bonds is 5. The van der Waals surface area contributed by atoms with Crippen molar-refractivity contribution < 1.29 is 18.1 Å². The summed E-state index contributed by atoms with van der Waals surface area (Å²) in [5.41, 5.74) is 0.254. The second-order valence-electron chi connectivity index (χ2n) is 4.50. The minimum atomic E-state index is -3.87. The number of sulfonamides is 1. The molecule has 0 radical (unpaired) electrons. The Balaban J connectivity index is 2.41. The van der Waals surface area contributed by atoms with Crippen LogP contribution in [0.4, 0.5) is 11.4 Å². The molecule has 118 valence electrons. The zero-order valence-corrected chi connectivity index (χ0v) is 12.9. The van der Waals surface area contributed by atoms with Crippen LogP contribution >= 0.6 is 0 Å². The number of non-ortho nitro benzene ring substituents is 1. The van der Waals surface area contributed by atoms with E-state index in [2.05, 4.69) is 9.82 Å². The second kappa shape index (κ2) is 5.64. The van der Waals surface area contributed by atoms with E-state index in [-0.39, 0.29) is 22.0 Å². The number of aryl methyl sites for hydroxylation is 2. The summed E-state index contributed by atoms with van der Waals surface area (Å²) >= 11 is 0. The average molecular weight is 326 g/mol. The van der Waals surface area contributed by atoms with E-state index < -0.39 is 14.9 Å². The van der Waals surface area contributed by atoms with Gasteiger partial charge in [0.2, 0.25) is 0 Å². The van der Waals surface area contributed by atoms with E-state index in [0.29, 0.717) is 5.69 Å². The highest BCUT2D eigenvalue weighted by Crippen LogP contribution is 2.31. The molecule has 2 rings (SSSR count). The summed E-state index contributed by atoms with van der Waals surface area (Å²) in [6, 6.07) is 3.62. The lowest BCUT2D eigenvalue weighted by atomic mass is 10.2. The number of benzene rings is 1. The SMILES string of the molecule is COc1cc([N+](=O)[O-])ccc1NS(=O)(=O)c1cn(C)nc1C. The third-order valence-corrected chi connectivity index (χ3v) is 4.37. The van der Waals surface area contributed by atoms with Gasteiger partial charge in [0, 0.05) is 19.3 Å². The third-order valence-electron chi connectivity index (χ3n) is 2.90. The molecule has 9 nitrogen and oxygen atoms in total. The van der Waals surface area contributed by atoms with E-state index in [4.69, 9.17) is 4.74 Å². The van der Waals surface area contributed by atoms with Gasteiger partial charge in [0.15, 0.2) is 0 Å². The number of hydrogen-bond acceptors (Lipinski definition) is 6. The average Bonchev–Trinajstić information content (AvgIpc) is 2.78. The van der Waals surface area contributed by atoms with Crippen LogP contribution in [0.1, 0.15) is 5.69 Å². The van der Waals surface area contributed by atoms with Crippen molar-refractivity contribution in [2.24, 2.45) is 7.05 Å². The van der Waals surface area contributed by atoms with Gasteiger partial charge in [-0.15, -0.1) is 0 Å². The van der Waals surface area contributed by atoms with Gasteiger partial charge in [0.25, 0.3) is 15.7 Å². The summed E-state index contributed by atoms with van der Waals surface area (Å²) in [5.74, 6) is 0.0549. The summed E-state index contributed by atoms with van der Waals surface area (Å²) in [5, 5.41) is 14.7. The van der Waals surface area contributed by atoms with Gasteiger partial charge in [-0.05, 0) is 13.0 Å². The summed E-state index contributed by atoms with van der Waals surface area (Å²) in [4.78, 5) is 10.2. The number of nitrogens with one attached hydrogen (secondary N) is 1. The Bertz CT molecular complexity index is 828. The molecule has 2 aromatic rings. The molecule has 1 N–H and O–H groups in total. The smallest absolute Gasteiger partial charge is 0.273 e. The molecular weight excluding hydrogens is 312 g/mol. The molecule has 22 heavy (non-hydrogen) atoms. The largest absolute Gasteiger partial charge is 0.494 e. The van der Waals surface area contributed by atoms with Crippen molar-refractivity contribution in [1.82, 2.24) is 9.78 Å². The number of nitro groups is 1. The first-order chi connectivity index (χ1) is 10.2. The quantitative estimate of drug-likeness (QED) is 0.656. The predicted octanol–water partition coefficient (Wildman–Crippen LogP) is 1.45. The molecule has 0 saturated heterocycles. The van der Waals surface area contributed by atoms with E-state index in [1.807, 2.05) is 0 Å². The Morgan fingerprint density at radius 2 is 2.09 bits per heavy atom. The molecule has 0 atom stereocenters. The highest BCUT2D eigenvalue weighted by molar-refractivity contribution is 7.92. The highest BCUT2D eigenvalue weighted by Gasteiger charge is 2.22. The molecule has 0 amide bonds. The Morgan fingerprint density at radius 1 is 1.41 bits per heavy atom. The molecule has 10 heteroatoms. The van der Waals surface area contributed by atoms with Crippen molar-refractivity contribution in [3.8, 4) is 5.75 Å². The topological polar surface area (TPSA) is 116 Å². The van der Waals surface area contributed by atoms with Crippen LogP contribution in [0.2, 0.25) is 0 Å². The molecule has 0 aliphatic rings. The van der Waals surface area contributed by atoms with Crippen LogP contribution in [0.5, 0.6) is 5.75 Å². The Kier molecular flexibility index (Phi) is 4.04. The fraction of sp³-hybridized carbons (Fsp3) is 0.250. The van der Waals surface area contributed by atoms with Crippen molar-refractivity contribution in [1.29, 1.82) is 0 Å². The fourth-order valence-electron chi connectivity index (χ4n) is 1.92. The molecule has 1 aromatic carbocycles. The zero-order valence-electron chi connectivity index (χ0n) is 12.1. The molecule has 0 saturated carbocycles. The van der Waals surface area contributed by atoms with Crippen molar-refractivity contribution >= 4 is 21.4 Å². The van der Waals surface area contributed by atoms with Gasteiger partial charge in [-0.3, -0.25) is 19.5 Å². The monoisotopic (exact) mass is 326 g/mol. The minimum absolute atomic E-state index is 0.0235. The zero-order chi connectivity index (χ0) is 16.5. The molecule has 1 heterocycles. The number of aromatic nitrogens is 2. The first kappa shape index (κ1) is 15.8. The van der Waals surface area contributed by atoms with Gasteiger partial charge in [0.1, 0.15) is 10.6 Å². The lowest BCUT2D eigenvalue weighted by molar-refractivity contribution is -0.384. The van der Waals surface area contributed by atoms with Crippen LogP contribution in [0.15, 0.2) is 29.3 Å². The minimum Gasteiger partial charge on any atom is -0.494 e. The number of anilines is 1. The maximum atomic E-state index is 12.4. The fourth-order valence-corrected chi connectivity index (χ4v) is 3.21. The number of ether oxygens (including phenoxy) is 1. The standard InChI is InChI=1S/C12H14N4O5S/c1-8-12(7-15(2)13-8)22(19,20)14-10-5-4-9(16(17)18)6-11(10)21-3/h4-7,14H,1-3H3. The summed E-state index contributed by atoms with van der Waals surface area (Å²) in [6.45, 7) is 1.57. The van der Waals surface area contributed by atoms with Crippen LogP contribution in [0.25, 0.3) is 0 Å². The third kappa shape index (κ3) is 3.01. The van der Waals surface area contributed by atoms with E-state index in [1.165, 1.54) is 30.1 Å².